The van der Waals surface area contributed by atoms with Gasteiger partial charge in [-0.1, -0.05) is 41.7 Å². The van der Waals surface area contributed by atoms with Crippen molar-refractivity contribution in [3.05, 3.63) is 47.5 Å². The molecule has 1 fully saturated rings. The highest BCUT2D eigenvalue weighted by Gasteiger charge is 2.27. The van der Waals surface area contributed by atoms with E-state index >= 15 is 0 Å². The fraction of sp³-hybridized carbons (Fsp3) is 0.375. The summed E-state index contributed by atoms with van der Waals surface area (Å²) in [4.78, 5) is 18.2. The smallest absolute Gasteiger partial charge is 0.273 e. The number of thiazole rings is 1. The van der Waals surface area contributed by atoms with E-state index in [4.69, 9.17) is 4.74 Å². The van der Waals surface area contributed by atoms with E-state index in [1.54, 1.807) is 18.0 Å². The fourth-order valence-electron chi connectivity index (χ4n) is 2.38. The number of carbonyl (C=O) groups excluding carboxylic acids is 1. The van der Waals surface area contributed by atoms with Gasteiger partial charge in [0, 0.05) is 30.3 Å². The Morgan fingerprint density at radius 1 is 1.41 bits per heavy atom. The Labute approximate surface area is 138 Å². The molecule has 0 N–H and O–H groups in total. The van der Waals surface area contributed by atoms with Crippen molar-refractivity contribution in [2.24, 2.45) is 0 Å². The number of benzene rings is 1. The van der Waals surface area contributed by atoms with Gasteiger partial charge in [-0.3, -0.25) is 4.79 Å². The maximum Gasteiger partial charge on any atom is 0.273 e. The molecule has 0 aliphatic carbocycles. The highest BCUT2D eigenvalue weighted by Crippen LogP contribution is 2.21. The molecule has 1 atom stereocenters. The molecule has 22 heavy (non-hydrogen) atoms. The van der Waals surface area contributed by atoms with Crippen LogP contribution < -0.4 is 4.74 Å². The molecule has 1 saturated heterocycles. The summed E-state index contributed by atoms with van der Waals surface area (Å²) in [7, 11) is 0. The molecule has 0 bridgehead atoms. The summed E-state index contributed by atoms with van der Waals surface area (Å²) in [5.74, 6) is 1.60. The maximum absolute atomic E-state index is 12.2. The van der Waals surface area contributed by atoms with Gasteiger partial charge < -0.3 is 9.64 Å². The molecule has 1 aromatic heterocycles. The van der Waals surface area contributed by atoms with Gasteiger partial charge in [-0.15, -0.1) is 11.8 Å². The van der Waals surface area contributed by atoms with Gasteiger partial charge >= 0.3 is 0 Å². The summed E-state index contributed by atoms with van der Waals surface area (Å²) < 4.78 is 5.78. The number of likely N-dealkylation sites (tertiary alicyclic amines) is 1. The number of hydrogen-bond donors (Lipinski definition) is 0. The maximum atomic E-state index is 12.2. The second-order valence-electron chi connectivity index (χ2n) is 5.14. The molecule has 1 aromatic carbocycles. The van der Waals surface area contributed by atoms with Gasteiger partial charge in [0.1, 0.15) is 6.10 Å². The first-order valence-electron chi connectivity index (χ1n) is 7.27. The number of nitrogens with zero attached hydrogens (tertiary/aromatic N) is 2. The van der Waals surface area contributed by atoms with Gasteiger partial charge in [-0.05, 0) is 5.56 Å². The van der Waals surface area contributed by atoms with Gasteiger partial charge in [0.2, 0.25) is 5.91 Å². The number of carbonyl (C=O) groups is 1. The zero-order chi connectivity index (χ0) is 15.2. The van der Waals surface area contributed by atoms with Crippen molar-refractivity contribution in [2.45, 2.75) is 18.3 Å². The summed E-state index contributed by atoms with van der Waals surface area (Å²) in [5.41, 5.74) is 1.26. The van der Waals surface area contributed by atoms with Crippen LogP contribution in [0, 0.1) is 0 Å². The molecule has 0 radical (unpaired) electrons. The molecule has 1 unspecified atom stereocenters. The Morgan fingerprint density at radius 3 is 3.05 bits per heavy atom. The molecule has 3 rings (SSSR count). The highest BCUT2D eigenvalue weighted by atomic mass is 32.2. The predicted octanol–water partition coefficient (Wildman–Crippen LogP) is 3.06. The monoisotopic (exact) mass is 334 g/mol. The van der Waals surface area contributed by atoms with Crippen LogP contribution in [0.3, 0.4) is 0 Å². The summed E-state index contributed by atoms with van der Waals surface area (Å²) in [5, 5.41) is 2.59. The van der Waals surface area contributed by atoms with Crippen LogP contribution >= 0.6 is 23.1 Å². The Kier molecular flexibility index (Phi) is 5.34. The molecule has 4 nitrogen and oxygen atoms in total. The standard InChI is InChI=1S/C16H18N2O2S2/c19-15(12-21-11-13-4-2-1-3-5-13)18-8-6-14(10-18)20-16-17-7-9-22-16/h1-5,7,9,14H,6,8,10-12H2. The van der Waals surface area contributed by atoms with E-state index in [0.717, 1.165) is 18.7 Å². The van der Waals surface area contributed by atoms with Crippen molar-refractivity contribution in [3.8, 4) is 5.19 Å². The number of rotatable bonds is 6. The molecule has 1 aliphatic heterocycles. The SMILES string of the molecule is O=C(CSCc1ccccc1)N1CCC(Oc2nccs2)C1. The zero-order valence-electron chi connectivity index (χ0n) is 12.2. The van der Waals surface area contributed by atoms with Crippen LogP contribution in [0.15, 0.2) is 41.9 Å². The number of aromatic nitrogens is 1. The lowest BCUT2D eigenvalue weighted by Gasteiger charge is -2.16. The van der Waals surface area contributed by atoms with Gasteiger partial charge in [0.25, 0.3) is 5.19 Å². The van der Waals surface area contributed by atoms with Crippen LogP contribution in [-0.2, 0) is 10.5 Å². The first kappa shape index (κ1) is 15.4. The minimum atomic E-state index is 0.0780. The molecule has 1 aliphatic rings. The largest absolute Gasteiger partial charge is 0.465 e. The molecule has 0 spiro atoms. The van der Waals surface area contributed by atoms with Crippen LogP contribution in [-0.4, -0.2) is 40.7 Å². The Bertz CT molecular complexity index is 589. The van der Waals surface area contributed by atoms with Crippen molar-refractivity contribution in [1.29, 1.82) is 0 Å². The third-order valence-corrected chi connectivity index (χ3v) is 5.16. The van der Waals surface area contributed by atoms with E-state index in [0.29, 0.717) is 17.5 Å². The van der Waals surface area contributed by atoms with Crippen molar-refractivity contribution in [1.82, 2.24) is 9.88 Å². The minimum Gasteiger partial charge on any atom is -0.465 e. The Hall–Kier alpha value is -1.53. The van der Waals surface area contributed by atoms with Crippen molar-refractivity contribution >= 4 is 29.0 Å². The van der Waals surface area contributed by atoms with Gasteiger partial charge in [0.15, 0.2) is 0 Å². The number of ether oxygens (including phenoxy) is 1. The second kappa shape index (κ2) is 7.65. The fourth-order valence-corrected chi connectivity index (χ4v) is 3.82. The lowest BCUT2D eigenvalue weighted by molar-refractivity contribution is -0.127. The van der Waals surface area contributed by atoms with E-state index in [2.05, 4.69) is 17.1 Å². The van der Waals surface area contributed by atoms with Gasteiger partial charge in [-0.2, -0.15) is 0 Å². The van der Waals surface area contributed by atoms with E-state index in [1.165, 1.54) is 16.9 Å². The predicted molar refractivity (Wildman–Crippen MR) is 90.3 cm³/mol. The van der Waals surface area contributed by atoms with Crippen LogP contribution in [0.25, 0.3) is 0 Å². The van der Waals surface area contributed by atoms with E-state index in [1.807, 2.05) is 28.5 Å². The first-order valence-corrected chi connectivity index (χ1v) is 9.30. The van der Waals surface area contributed by atoms with Crippen LogP contribution in [0.1, 0.15) is 12.0 Å². The minimum absolute atomic E-state index is 0.0780. The van der Waals surface area contributed by atoms with Gasteiger partial charge in [0.05, 0.1) is 12.3 Å². The first-order chi connectivity index (χ1) is 10.8. The van der Waals surface area contributed by atoms with Crippen LogP contribution in [0.5, 0.6) is 5.19 Å². The molecular formula is C16H18N2O2S2. The van der Waals surface area contributed by atoms with Crippen LogP contribution in [0.2, 0.25) is 0 Å². The third kappa shape index (κ3) is 4.24. The molecule has 6 heteroatoms. The van der Waals surface area contributed by atoms with E-state index < -0.39 is 0 Å². The Balaban J connectivity index is 1.40. The summed E-state index contributed by atoms with van der Waals surface area (Å²) >= 11 is 3.16. The average Bonchev–Trinajstić information content (AvgIpc) is 3.21. The molecule has 0 saturated carbocycles. The summed E-state index contributed by atoms with van der Waals surface area (Å²) in [6, 6.07) is 10.2. The van der Waals surface area contributed by atoms with Gasteiger partial charge in [-0.25, -0.2) is 4.98 Å². The van der Waals surface area contributed by atoms with Crippen molar-refractivity contribution < 1.29 is 9.53 Å². The Morgan fingerprint density at radius 2 is 2.27 bits per heavy atom. The van der Waals surface area contributed by atoms with Crippen LogP contribution in [0.4, 0.5) is 0 Å². The topological polar surface area (TPSA) is 42.4 Å². The molecule has 2 aromatic rings. The molecule has 116 valence electrons. The van der Waals surface area contributed by atoms with E-state index in [9.17, 15) is 4.79 Å². The molecular weight excluding hydrogens is 316 g/mol. The highest BCUT2D eigenvalue weighted by molar-refractivity contribution is 7.99. The molecule has 2 heterocycles. The quantitative estimate of drug-likeness (QED) is 0.814. The summed E-state index contributed by atoms with van der Waals surface area (Å²) in [6.45, 7) is 1.45. The zero-order valence-corrected chi connectivity index (χ0v) is 13.8. The normalized spacial score (nSPS) is 17.6. The average molecular weight is 334 g/mol. The number of hydrogen-bond acceptors (Lipinski definition) is 5. The lowest BCUT2D eigenvalue weighted by atomic mass is 10.2. The number of thioether (sulfide) groups is 1. The number of amides is 1. The summed E-state index contributed by atoms with van der Waals surface area (Å²) in [6.07, 6.45) is 2.70. The molecule has 1 amide bonds. The third-order valence-electron chi connectivity index (χ3n) is 3.51. The second-order valence-corrected chi connectivity index (χ2v) is 6.99. The van der Waals surface area contributed by atoms with E-state index in [-0.39, 0.29) is 12.0 Å². The lowest BCUT2D eigenvalue weighted by Crippen LogP contribution is -2.32. The van der Waals surface area contributed by atoms with Crippen molar-refractivity contribution in [3.63, 3.8) is 0 Å². The van der Waals surface area contributed by atoms with Crippen molar-refractivity contribution in [2.75, 3.05) is 18.8 Å².